The van der Waals surface area contributed by atoms with Crippen LogP contribution in [-0.4, -0.2) is 25.5 Å². The van der Waals surface area contributed by atoms with Gasteiger partial charge in [-0.15, -0.1) is 0 Å². The van der Waals surface area contributed by atoms with Crippen LogP contribution < -0.4 is 5.32 Å². The minimum Gasteiger partial charge on any atom is -0.392 e. The zero-order valence-corrected chi connectivity index (χ0v) is 14.4. The van der Waals surface area contributed by atoms with Gasteiger partial charge in [-0.05, 0) is 62.2 Å². The molecule has 0 unspecified atom stereocenters. The Balaban J connectivity index is 1.76. The maximum absolute atomic E-state index is 12.3. The summed E-state index contributed by atoms with van der Waals surface area (Å²) in [5.74, 6) is -0.282. The Morgan fingerprint density at radius 2 is 1.88 bits per heavy atom. The molecule has 0 aliphatic carbocycles. The molecule has 1 amide bonds. The molecule has 0 saturated heterocycles. The summed E-state index contributed by atoms with van der Waals surface area (Å²) < 4.78 is 2.00. The van der Waals surface area contributed by atoms with Gasteiger partial charge < -0.3 is 15.0 Å². The minimum atomic E-state index is -0.282. The largest absolute Gasteiger partial charge is 0.392 e. The Labute approximate surface area is 146 Å². The smallest absolute Gasteiger partial charge is 0.274 e. The van der Waals surface area contributed by atoms with Crippen molar-refractivity contribution in [3.8, 4) is 5.69 Å². The van der Waals surface area contributed by atoms with Gasteiger partial charge in [0.15, 0.2) is 0 Å². The average Bonchev–Trinajstić information content (AvgIpc) is 2.95. The minimum absolute atomic E-state index is 0.0880. The highest BCUT2D eigenvalue weighted by Crippen LogP contribution is 2.17. The lowest BCUT2D eigenvalue weighted by molar-refractivity contribution is 0.102. The van der Waals surface area contributed by atoms with Gasteiger partial charge in [0.05, 0.1) is 18.6 Å². The molecule has 0 fully saturated rings. The zero-order chi connectivity index (χ0) is 18.0. The molecule has 3 rings (SSSR count). The van der Waals surface area contributed by atoms with E-state index in [1.165, 1.54) is 6.20 Å². The molecule has 3 aromatic rings. The van der Waals surface area contributed by atoms with E-state index in [2.05, 4.69) is 15.3 Å². The third kappa shape index (κ3) is 3.44. The number of nitrogens with zero attached hydrogens (tertiary/aromatic N) is 3. The number of aliphatic hydroxyl groups is 1. The topological polar surface area (TPSA) is 80.0 Å². The van der Waals surface area contributed by atoms with Gasteiger partial charge in [-0.1, -0.05) is 0 Å². The van der Waals surface area contributed by atoms with Crippen LogP contribution in [0.2, 0.25) is 0 Å². The number of aryl methyl sites for hydroxylation is 2. The van der Waals surface area contributed by atoms with Gasteiger partial charge >= 0.3 is 0 Å². The Morgan fingerprint density at radius 1 is 1.16 bits per heavy atom. The second kappa shape index (κ2) is 6.86. The summed E-state index contributed by atoms with van der Waals surface area (Å²) in [6, 6.07) is 9.22. The molecule has 6 heteroatoms. The van der Waals surface area contributed by atoms with E-state index in [1.807, 2.05) is 49.6 Å². The number of imidazole rings is 1. The molecule has 2 heterocycles. The summed E-state index contributed by atoms with van der Waals surface area (Å²) in [6.07, 6.45) is 3.31. The van der Waals surface area contributed by atoms with E-state index in [1.54, 1.807) is 12.4 Å². The number of hydrogen-bond acceptors (Lipinski definition) is 4. The molecule has 0 aliphatic rings. The van der Waals surface area contributed by atoms with Crippen LogP contribution >= 0.6 is 0 Å². The van der Waals surface area contributed by atoms with Crippen molar-refractivity contribution in [3.63, 3.8) is 0 Å². The van der Waals surface area contributed by atoms with E-state index in [0.29, 0.717) is 16.9 Å². The zero-order valence-electron chi connectivity index (χ0n) is 14.4. The van der Waals surface area contributed by atoms with Crippen molar-refractivity contribution >= 4 is 11.6 Å². The Kier molecular flexibility index (Phi) is 4.63. The third-order valence-electron chi connectivity index (χ3n) is 4.28. The van der Waals surface area contributed by atoms with Gasteiger partial charge in [0.1, 0.15) is 5.69 Å². The molecule has 0 spiro atoms. The molecule has 2 N–H and O–H groups in total. The predicted molar refractivity (Wildman–Crippen MR) is 95.9 cm³/mol. The van der Waals surface area contributed by atoms with Gasteiger partial charge in [0.2, 0.25) is 0 Å². The summed E-state index contributed by atoms with van der Waals surface area (Å²) >= 11 is 0. The highest BCUT2D eigenvalue weighted by atomic mass is 16.3. The first kappa shape index (κ1) is 16.9. The number of benzene rings is 1. The molecular weight excluding hydrogens is 316 g/mol. The van der Waals surface area contributed by atoms with Crippen LogP contribution in [0.1, 0.15) is 33.0 Å². The number of aliphatic hydroxyl groups excluding tert-OH is 1. The van der Waals surface area contributed by atoms with Crippen molar-refractivity contribution in [1.29, 1.82) is 0 Å². The van der Waals surface area contributed by atoms with E-state index in [0.717, 1.165) is 22.6 Å². The quantitative estimate of drug-likeness (QED) is 0.768. The molecule has 1 aromatic carbocycles. The normalized spacial score (nSPS) is 10.7. The van der Waals surface area contributed by atoms with Crippen molar-refractivity contribution in [2.75, 3.05) is 5.32 Å². The number of nitrogens with one attached hydrogen (secondary N) is 1. The maximum atomic E-state index is 12.3. The van der Waals surface area contributed by atoms with Gasteiger partial charge in [-0.3, -0.25) is 9.78 Å². The monoisotopic (exact) mass is 336 g/mol. The molecular formula is C19H20N4O2. The fourth-order valence-corrected chi connectivity index (χ4v) is 2.53. The summed E-state index contributed by atoms with van der Waals surface area (Å²) in [4.78, 5) is 20.7. The summed E-state index contributed by atoms with van der Waals surface area (Å²) in [7, 11) is 0. The lowest BCUT2D eigenvalue weighted by atomic mass is 10.1. The maximum Gasteiger partial charge on any atom is 0.274 e. The summed E-state index contributed by atoms with van der Waals surface area (Å²) in [6.45, 7) is 5.74. The molecule has 0 aliphatic heterocycles. The number of carbonyl (C=O) groups excluding carboxylic acids is 1. The number of hydrogen-bond donors (Lipinski definition) is 2. The van der Waals surface area contributed by atoms with Crippen LogP contribution in [0.15, 0.2) is 42.9 Å². The predicted octanol–water partition coefficient (Wildman–Crippen LogP) is 2.94. The van der Waals surface area contributed by atoms with Crippen molar-refractivity contribution in [3.05, 3.63) is 71.1 Å². The first-order chi connectivity index (χ1) is 12.0. The van der Waals surface area contributed by atoms with Crippen molar-refractivity contribution < 1.29 is 9.90 Å². The number of carbonyl (C=O) groups is 1. The second-order valence-electron chi connectivity index (χ2n) is 5.94. The Morgan fingerprint density at radius 3 is 2.44 bits per heavy atom. The van der Waals surface area contributed by atoms with E-state index < -0.39 is 0 Å². The SMILES string of the molecule is Cc1cc(C(=O)Nc2ccc(-n3cnc(C)c3C)cc2)ncc1CO. The molecule has 128 valence electrons. The van der Waals surface area contributed by atoms with Gasteiger partial charge in [0, 0.05) is 23.3 Å². The van der Waals surface area contributed by atoms with Crippen LogP contribution in [0.5, 0.6) is 0 Å². The average molecular weight is 336 g/mol. The van der Waals surface area contributed by atoms with E-state index in [9.17, 15) is 9.90 Å². The van der Waals surface area contributed by atoms with Crippen LogP contribution in [0.3, 0.4) is 0 Å². The summed E-state index contributed by atoms with van der Waals surface area (Å²) in [5, 5.41) is 12.0. The number of pyridine rings is 1. The van der Waals surface area contributed by atoms with Gasteiger partial charge in [-0.25, -0.2) is 4.98 Å². The fourth-order valence-electron chi connectivity index (χ4n) is 2.53. The lowest BCUT2D eigenvalue weighted by Gasteiger charge is -2.09. The van der Waals surface area contributed by atoms with Crippen molar-refractivity contribution in [1.82, 2.24) is 14.5 Å². The standard InChI is InChI=1S/C19H20N4O2/c1-12-8-18(20-9-15(12)10-24)19(25)22-16-4-6-17(7-5-16)23-11-21-13(2)14(23)3/h4-9,11,24H,10H2,1-3H3,(H,22,25). The van der Waals surface area contributed by atoms with E-state index >= 15 is 0 Å². The molecule has 0 radical (unpaired) electrons. The first-order valence-corrected chi connectivity index (χ1v) is 7.98. The fraction of sp³-hybridized carbons (Fsp3) is 0.211. The summed E-state index contributed by atoms with van der Waals surface area (Å²) in [5.41, 5.74) is 5.62. The molecule has 0 bridgehead atoms. The van der Waals surface area contributed by atoms with E-state index in [-0.39, 0.29) is 12.5 Å². The van der Waals surface area contributed by atoms with Crippen molar-refractivity contribution in [2.45, 2.75) is 27.4 Å². The number of anilines is 1. The molecule has 0 atom stereocenters. The molecule has 6 nitrogen and oxygen atoms in total. The van der Waals surface area contributed by atoms with Crippen LogP contribution in [-0.2, 0) is 6.61 Å². The first-order valence-electron chi connectivity index (χ1n) is 7.98. The van der Waals surface area contributed by atoms with Crippen molar-refractivity contribution in [2.24, 2.45) is 0 Å². The van der Waals surface area contributed by atoms with Crippen LogP contribution in [0, 0.1) is 20.8 Å². The van der Waals surface area contributed by atoms with E-state index in [4.69, 9.17) is 0 Å². The Hall–Kier alpha value is -2.99. The lowest BCUT2D eigenvalue weighted by Crippen LogP contribution is -2.14. The number of rotatable bonds is 4. The molecule has 25 heavy (non-hydrogen) atoms. The Bertz CT molecular complexity index is 914. The van der Waals surface area contributed by atoms with Gasteiger partial charge in [0.25, 0.3) is 5.91 Å². The van der Waals surface area contributed by atoms with Crippen LogP contribution in [0.25, 0.3) is 5.69 Å². The number of amides is 1. The number of aromatic nitrogens is 3. The second-order valence-corrected chi connectivity index (χ2v) is 5.94. The van der Waals surface area contributed by atoms with Gasteiger partial charge in [-0.2, -0.15) is 0 Å². The molecule has 2 aromatic heterocycles. The highest BCUT2D eigenvalue weighted by Gasteiger charge is 2.10. The highest BCUT2D eigenvalue weighted by molar-refractivity contribution is 6.03. The molecule has 0 saturated carbocycles. The van der Waals surface area contributed by atoms with Crippen LogP contribution in [0.4, 0.5) is 5.69 Å². The third-order valence-corrected chi connectivity index (χ3v) is 4.28.